The zero-order valence-corrected chi connectivity index (χ0v) is 6.33. The Labute approximate surface area is 65.9 Å². The fourth-order valence-electron chi connectivity index (χ4n) is 1.16. The molecule has 1 aromatic heterocycles. The normalized spacial score (nSPS) is 19.7. The summed E-state index contributed by atoms with van der Waals surface area (Å²) in [5, 5.41) is 9.54. The first kappa shape index (κ1) is 6.80. The molecule has 0 atom stereocenters. The second kappa shape index (κ2) is 2.31. The Hall–Kier alpha value is -0.890. The second-order valence-corrected chi connectivity index (χ2v) is 3.22. The molecule has 0 saturated heterocycles. The third-order valence-corrected chi connectivity index (χ3v) is 2.06. The van der Waals surface area contributed by atoms with E-state index in [9.17, 15) is 5.11 Å². The van der Waals surface area contributed by atoms with E-state index in [1.165, 1.54) is 0 Å². The molecule has 1 fully saturated rings. The number of rotatable bonds is 2. The smallest absolute Gasteiger partial charge is 0.0705 e. The maximum Gasteiger partial charge on any atom is 0.0705 e. The molecular weight excluding hydrogens is 138 g/mol. The maximum absolute atomic E-state index is 9.54. The van der Waals surface area contributed by atoms with E-state index in [1.807, 2.05) is 18.2 Å². The Bertz CT molecular complexity index is 241. The van der Waals surface area contributed by atoms with Crippen molar-refractivity contribution < 1.29 is 5.11 Å². The predicted octanol–water partition coefficient (Wildman–Crippen LogP) is 1.15. The summed E-state index contributed by atoms with van der Waals surface area (Å²) in [6.07, 6.45) is 4.35. The average Bonchev–Trinajstić information content (AvgIpc) is 2.70. The van der Waals surface area contributed by atoms with Crippen molar-refractivity contribution in [3.05, 3.63) is 30.1 Å². The SMILES string of the molecule is OC1(Cc2ccccn2)CC1. The lowest BCUT2D eigenvalue weighted by molar-refractivity contribution is 0.150. The van der Waals surface area contributed by atoms with Crippen LogP contribution in [0.2, 0.25) is 0 Å². The van der Waals surface area contributed by atoms with Crippen molar-refractivity contribution >= 4 is 0 Å². The molecule has 58 valence electrons. The maximum atomic E-state index is 9.54. The van der Waals surface area contributed by atoms with Crippen LogP contribution < -0.4 is 0 Å². The van der Waals surface area contributed by atoms with Crippen LogP contribution in [0.25, 0.3) is 0 Å². The van der Waals surface area contributed by atoms with Crippen LogP contribution in [-0.4, -0.2) is 15.7 Å². The minimum atomic E-state index is -0.408. The molecule has 0 aromatic carbocycles. The van der Waals surface area contributed by atoms with Crippen molar-refractivity contribution in [2.24, 2.45) is 0 Å². The van der Waals surface area contributed by atoms with Crippen molar-refractivity contribution in [2.45, 2.75) is 24.9 Å². The van der Waals surface area contributed by atoms with Gasteiger partial charge in [0.25, 0.3) is 0 Å². The predicted molar refractivity (Wildman–Crippen MR) is 42.1 cm³/mol. The highest BCUT2D eigenvalue weighted by atomic mass is 16.3. The Kier molecular flexibility index (Phi) is 1.43. The lowest BCUT2D eigenvalue weighted by Gasteiger charge is -2.04. The standard InChI is InChI=1S/C9H11NO/c11-9(4-5-9)7-8-3-1-2-6-10-8/h1-3,6,11H,4-5,7H2. The Balaban J connectivity index is 2.07. The number of pyridine rings is 1. The van der Waals surface area contributed by atoms with E-state index in [0.29, 0.717) is 6.42 Å². The lowest BCUT2D eigenvalue weighted by atomic mass is 10.1. The van der Waals surface area contributed by atoms with Crippen molar-refractivity contribution in [2.75, 3.05) is 0 Å². The van der Waals surface area contributed by atoms with Crippen LogP contribution in [0.5, 0.6) is 0 Å². The number of hydrogen-bond donors (Lipinski definition) is 1. The summed E-state index contributed by atoms with van der Waals surface area (Å²) in [5.41, 5.74) is 0.585. The van der Waals surface area contributed by atoms with Gasteiger partial charge in [-0.1, -0.05) is 6.07 Å². The largest absolute Gasteiger partial charge is 0.389 e. The first-order valence-corrected chi connectivity index (χ1v) is 3.91. The molecule has 0 bridgehead atoms. The summed E-state index contributed by atoms with van der Waals surface area (Å²) in [6, 6.07) is 5.80. The Morgan fingerprint density at radius 1 is 1.45 bits per heavy atom. The monoisotopic (exact) mass is 149 g/mol. The summed E-state index contributed by atoms with van der Waals surface area (Å²) in [5.74, 6) is 0. The van der Waals surface area contributed by atoms with E-state index in [4.69, 9.17) is 0 Å². The van der Waals surface area contributed by atoms with E-state index in [2.05, 4.69) is 4.98 Å². The lowest BCUT2D eigenvalue weighted by Crippen LogP contribution is -2.11. The molecule has 0 unspecified atom stereocenters. The van der Waals surface area contributed by atoms with Gasteiger partial charge in [0, 0.05) is 18.3 Å². The molecule has 0 amide bonds. The molecule has 0 spiro atoms. The van der Waals surface area contributed by atoms with Gasteiger partial charge in [0.2, 0.25) is 0 Å². The van der Waals surface area contributed by atoms with Crippen LogP contribution in [0.3, 0.4) is 0 Å². The minimum absolute atomic E-state index is 0.408. The van der Waals surface area contributed by atoms with Crippen LogP contribution in [0.1, 0.15) is 18.5 Å². The van der Waals surface area contributed by atoms with Crippen LogP contribution in [0.4, 0.5) is 0 Å². The van der Waals surface area contributed by atoms with Gasteiger partial charge in [-0.15, -0.1) is 0 Å². The van der Waals surface area contributed by atoms with Crippen LogP contribution in [0, 0.1) is 0 Å². The summed E-state index contributed by atoms with van der Waals surface area (Å²) in [6.45, 7) is 0. The molecule has 1 saturated carbocycles. The Morgan fingerprint density at radius 2 is 2.27 bits per heavy atom. The first-order chi connectivity index (χ1) is 5.29. The van der Waals surface area contributed by atoms with Crippen LogP contribution in [0.15, 0.2) is 24.4 Å². The first-order valence-electron chi connectivity index (χ1n) is 3.91. The van der Waals surface area contributed by atoms with Crippen molar-refractivity contribution in [1.29, 1.82) is 0 Å². The topological polar surface area (TPSA) is 33.1 Å². The minimum Gasteiger partial charge on any atom is -0.389 e. The van der Waals surface area contributed by atoms with E-state index >= 15 is 0 Å². The summed E-state index contributed by atoms with van der Waals surface area (Å²) in [7, 11) is 0. The van der Waals surface area contributed by atoms with Gasteiger partial charge < -0.3 is 5.11 Å². The molecular formula is C9H11NO. The van der Waals surface area contributed by atoms with Gasteiger partial charge in [0.1, 0.15) is 0 Å². The molecule has 2 rings (SSSR count). The average molecular weight is 149 g/mol. The molecule has 1 aliphatic rings. The van der Waals surface area contributed by atoms with Gasteiger partial charge in [-0.2, -0.15) is 0 Å². The molecule has 0 aliphatic heterocycles. The molecule has 1 aliphatic carbocycles. The Morgan fingerprint density at radius 3 is 2.82 bits per heavy atom. The third-order valence-electron chi connectivity index (χ3n) is 2.06. The van der Waals surface area contributed by atoms with Gasteiger partial charge in [-0.25, -0.2) is 0 Å². The number of aromatic nitrogens is 1. The fraction of sp³-hybridized carbons (Fsp3) is 0.444. The summed E-state index contributed by atoms with van der Waals surface area (Å²) in [4.78, 5) is 4.14. The van der Waals surface area contributed by atoms with Crippen molar-refractivity contribution in [3.8, 4) is 0 Å². The van der Waals surface area contributed by atoms with E-state index in [0.717, 1.165) is 18.5 Å². The molecule has 11 heavy (non-hydrogen) atoms. The fourth-order valence-corrected chi connectivity index (χ4v) is 1.16. The zero-order chi connectivity index (χ0) is 7.73. The van der Waals surface area contributed by atoms with Gasteiger partial charge in [0.05, 0.1) is 5.60 Å². The van der Waals surface area contributed by atoms with Crippen LogP contribution in [-0.2, 0) is 6.42 Å². The third kappa shape index (κ3) is 1.57. The number of nitrogens with zero attached hydrogens (tertiary/aromatic N) is 1. The van der Waals surface area contributed by atoms with E-state index < -0.39 is 5.60 Å². The van der Waals surface area contributed by atoms with Gasteiger partial charge in [0.15, 0.2) is 0 Å². The highest BCUT2D eigenvalue weighted by molar-refractivity contribution is 5.10. The highest BCUT2D eigenvalue weighted by Crippen LogP contribution is 2.37. The van der Waals surface area contributed by atoms with Gasteiger partial charge in [-0.05, 0) is 25.0 Å². The molecule has 1 heterocycles. The van der Waals surface area contributed by atoms with Crippen molar-refractivity contribution in [1.82, 2.24) is 4.98 Å². The van der Waals surface area contributed by atoms with Crippen molar-refractivity contribution in [3.63, 3.8) is 0 Å². The summed E-state index contributed by atoms with van der Waals surface area (Å²) < 4.78 is 0. The van der Waals surface area contributed by atoms with Crippen LogP contribution >= 0.6 is 0 Å². The second-order valence-electron chi connectivity index (χ2n) is 3.22. The number of hydrogen-bond acceptors (Lipinski definition) is 2. The zero-order valence-electron chi connectivity index (χ0n) is 6.33. The summed E-state index contributed by atoms with van der Waals surface area (Å²) >= 11 is 0. The van der Waals surface area contributed by atoms with Gasteiger partial charge in [-0.3, -0.25) is 4.98 Å². The quantitative estimate of drug-likeness (QED) is 0.684. The molecule has 1 N–H and O–H groups in total. The highest BCUT2D eigenvalue weighted by Gasteiger charge is 2.40. The molecule has 1 aromatic rings. The molecule has 2 nitrogen and oxygen atoms in total. The van der Waals surface area contributed by atoms with E-state index in [-0.39, 0.29) is 0 Å². The van der Waals surface area contributed by atoms with E-state index in [1.54, 1.807) is 6.20 Å². The number of aliphatic hydroxyl groups is 1. The molecule has 0 radical (unpaired) electrons. The van der Waals surface area contributed by atoms with Gasteiger partial charge >= 0.3 is 0 Å². The molecule has 2 heteroatoms.